The molecule has 3 aromatic heterocycles. The maximum absolute atomic E-state index is 13.3. The van der Waals surface area contributed by atoms with E-state index in [0.29, 0.717) is 33.3 Å². The van der Waals surface area contributed by atoms with Gasteiger partial charge in [-0.15, -0.1) is 11.3 Å². The van der Waals surface area contributed by atoms with Crippen molar-refractivity contribution in [3.05, 3.63) is 70.0 Å². The molecule has 0 saturated heterocycles. The third kappa shape index (κ3) is 3.62. The zero-order valence-corrected chi connectivity index (χ0v) is 19.3. The molecule has 3 heterocycles. The van der Waals surface area contributed by atoms with Crippen molar-refractivity contribution in [1.82, 2.24) is 9.38 Å². The van der Waals surface area contributed by atoms with Gasteiger partial charge in [0.05, 0.1) is 19.9 Å². The molecule has 1 aromatic carbocycles. The summed E-state index contributed by atoms with van der Waals surface area (Å²) >= 11 is 1.34. The molecule has 4 aromatic rings. The smallest absolute Gasteiger partial charge is 0.341 e. The van der Waals surface area contributed by atoms with E-state index in [9.17, 15) is 9.59 Å². The standard InChI is InChI=1S/C24H23N3O4S/c1-13-8-10-16(11-9-13)18-15(3)32-23(19(18)24(29)31-5)26-22(28)20-14(2)25-21-17(30-4)7-6-12-27(20)21/h6-12H,1-5H3,(H,26,28). The van der Waals surface area contributed by atoms with Gasteiger partial charge in [0.2, 0.25) is 0 Å². The molecule has 32 heavy (non-hydrogen) atoms. The molecular weight excluding hydrogens is 426 g/mol. The molecular formula is C24H23N3O4S. The highest BCUT2D eigenvalue weighted by Crippen LogP contribution is 2.40. The number of esters is 1. The second-order valence-electron chi connectivity index (χ2n) is 7.37. The molecule has 0 unspecified atom stereocenters. The molecule has 0 aliphatic carbocycles. The zero-order chi connectivity index (χ0) is 23.0. The van der Waals surface area contributed by atoms with E-state index in [-0.39, 0.29) is 5.91 Å². The van der Waals surface area contributed by atoms with E-state index in [1.165, 1.54) is 18.4 Å². The van der Waals surface area contributed by atoms with Gasteiger partial charge in [-0.2, -0.15) is 0 Å². The van der Waals surface area contributed by atoms with Crippen LogP contribution in [0.25, 0.3) is 16.8 Å². The number of methoxy groups -OCH3 is 2. The van der Waals surface area contributed by atoms with Gasteiger partial charge in [-0.25, -0.2) is 9.78 Å². The number of imidazole rings is 1. The first-order valence-electron chi connectivity index (χ1n) is 9.97. The van der Waals surface area contributed by atoms with E-state index < -0.39 is 5.97 Å². The molecule has 1 amide bonds. The van der Waals surface area contributed by atoms with Crippen molar-refractivity contribution in [1.29, 1.82) is 0 Å². The molecule has 0 radical (unpaired) electrons. The van der Waals surface area contributed by atoms with Gasteiger partial charge in [-0.05, 0) is 38.5 Å². The minimum atomic E-state index is -0.503. The number of benzene rings is 1. The summed E-state index contributed by atoms with van der Waals surface area (Å²) in [5.41, 5.74) is 4.59. The summed E-state index contributed by atoms with van der Waals surface area (Å²) < 4.78 is 12.1. The number of ether oxygens (including phenoxy) is 2. The number of fused-ring (bicyclic) bond motifs is 1. The van der Waals surface area contributed by atoms with Crippen molar-refractivity contribution in [2.75, 3.05) is 19.5 Å². The minimum absolute atomic E-state index is 0.344. The van der Waals surface area contributed by atoms with Crippen molar-refractivity contribution < 1.29 is 19.1 Å². The number of rotatable bonds is 5. The van der Waals surface area contributed by atoms with E-state index in [4.69, 9.17) is 9.47 Å². The number of carbonyl (C=O) groups excluding carboxylic acids is 2. The summed E-state index contributed by atoms with van der Waals surface area (Å²) in [5.74, 6) is -0.305. The lowest BCUT2D eigenvalue weighted by Crippen LogP contribution is -2.17. The van der Waals surface area contributed by atoms with Gasteiger partial charge < -0.3 is 14.8 Å². The highest BCUT2D eigenvalue weighted by molar-refractivity contribution is 7.17. The monoisotopic (exact) mass is 449 g/mol. The molecule has 0 bridgehead atoms. The van der Waals surface area contributed by atoms with Crippen molar-refractivity contribution in [3.8, 4) is 16.9 Å². The average Bonchev–Trinajstić information content (AvgIpc) is 3.29. The largest absolute Gasteiger partial charge is 0.493 e. The Balaban J connectivity index is 1.80. The molecule has 0 fully saturated rings. The second kappa shape index (κ2) is 8.47. The van der Waals surface area contributed by atoms with Gasteiger partial charge in [0.15, 0.2) is 11.4 Å². The Morgan fingerprint density at radius 1 is 1.06 bits per heavy atom. The maximum atomic E-state index is 13.3. The lowest BCUT2D eigenvalue weighted by Gasteiger charge is -2.09. The van der Waals surface area contributed by atoms with Crippen LogP contribution in [0.3, 0.4) is 0 Å². The third-order valence-electron chi connectivity index (χ3n) is 5.26. The van der Waals surface area contributed by atoms with E-state index in [1.807, 2.05) is 38.1 Å². The van der Waals surface area contributed by atoms with Crippen molar-refractivity contribution in [3.63, 3.8) is 0 Å². The SMILES string of the molecule is COC(=O)c1c(NC(=O)c2c(C)nc3c(OC)cccn23)sc(C)c1-c1ccc(C)cc1. The van der Waals surface area contributed by atoms with E-state index in [1.54, 1.807) is 36.8 Å². The number of nitrogens with one attached hydrogen (secondary N) is 1. The molecule has 8 heteroatoms. The molecule has 0 saturated carbocycles. The number of aromatic nitrogens is 2. The second-order valence-corrected chi connectivity index (χ2v) is 8.59. The summed E-state index contributed by atoms with van der Waals surface area (Å²) in [4.78, 5) is 31.4. The van der Waals surface area contributed by atoms with Crippen LogP contribution in [-0.2, 0) is 4.74 Å². The van der Waals surface area contributed by atoms with Crippen LogP contribution in [0.2, 0.25) is 0 Å². The van der Waals surface area contributed by atoms with Crippen molar-refractivity contribution >= 4 is 33.9 Å². The normalized spacial score (nSPS) is 10.9. The van der Waals surface area contributed by atoms with Crippen LogP contribution >= 0.6 is 11.3 Å². The molecule has 164 valence electrons. The number of carbonyl (C=O) groups is 2. The Bertz CT molecular complexity index is 1340. The van der Waals surface area contributed by atoms with Gasteiger partial charge in [0, 0.05) is 16.6 Å². The van der Waals surface area contributed by atoms with Crippen molar-refractivity contribution in [2.45, 2.75) is 20.8 Å². The molecule has 7 nitrogen and oxygen atoms in total. The first-order chi connectivity index (χ1) is 15.3. The zero-order valence-electron chi connectivity index (χ0n) is 18.5. The number of hydrogen-bond acceptors (Lipinski definition) is 6. The number of thiophene rings is 1. The molecule has 0 aliphatic heterocycles. The minimum Gasteiger partial charge on any atom is -0.493 e. The fraction of sp³-hybridized carbons (Fsp3) is 0.208. The van der Waals surface area contributed by atoms with Gasteiger partial charge in [-0.1, -0.05) is 29.8 Å². The Labute approximate surface area is 189 Å². The Morgan fingerprint density at radius 2 is 1.78 bits per heavy atom. The number of anilines is 1. The quantitative estimate of drug-likeness (QED) is 0.432. The Morgan fingerprint density at radius 3 is 2.44 bits per heavy atom. The Kier molecular flexibility index (Phi) is 5.71. The third-order valence-corrected chi connectivity index (χ3v) is 6.29. The van der Waals surface area contributed by atoms with Gasteiger partial charge >= 0.3 is 5.97 Å². The predicted molar refractivity (Wildman–Crippen MR) is 125 cm³/mol. The van der Waals surface area contributed by atoms with Crippen molar-refractivity contribution in [2.24, 2.45) is 0 Å². The predicted octanol–water partition coefficient (Wildman–Crippen LogP) is 5.04. The highest BCUT2D eigenvalue weighted by Gasteiger charge is 2.27. The van der Waals surface area contributed by atoms with Gasteiger partial charge in [0.25, 0.3) is 5.91 Å². The molecule has 0 atom stereocenters. The van der Waals surface area contributed by atoms with Gasteiger partial charge in [0.1, 0.15) is 16.3 Å². The Hall–Kier alpha value is -3.65. The molecule has 4 rings (SSSR count). The molecule has 0 spiro atoms. The average molecular weight is 450 g/mol. The highest BCUT2D eigenvalue weighted by atomic mass is 32.1. The summed E-state index contributed by atoms with van der Waals surface area (Å²) in [7, 11) is 2.89. The first-order valence-corrected chi connectivity index (χ1v) is 10.8. The van der Waals surface area contributed by atoms with Crippen LogP contribution in [0.1, 0.15) is 37.0 Å². The van der Waals surface area contributed by atoms with Crippen LogP contribution in [-0.4, -0.2) is 35.5 Å². The lowest BCUT2D eigenvalue weighted by molar-refractivity contribution is 0.0603. The topological polar surface area (TPSA) is 81.9 Å². The lowest BCUT2D eigenvalue weighted by atomic mass is 10.0. The summed E-state index contributed by atoms with van der Waals surface area (Å²) in [6.07, 6.45) is 1.76. The summed E-state index contributed by atoms with van der Waals surface area (Å²) in [6.45, 7) is 5.69. The van der Waals surface area contributed by atoms with E-state index in [0.717, 1.165) is 21.6 Å². The van der Waals surface area contributed by atoms with Crippen LogP contribution < -0.4 is 10.1 Å². The van der Waals surface area contributed by atoms with E-state index in [2.05, 4.69) is 10.3 Å². The molecule has 1 N–H and O–H groups in total. The van der Waals surface area contributed by atoms with Crippen LogP contribution in [0, 0.1) is 20.8 Å². The number of amides is 1. The van der Waals surface area contributed by atoms with Gasteiger partial charge in [-0.3, -0.25) is 9.20 Å². The fourth-order valence-corrected chi connectivity index (χ4v) is 4.81. The van der Waals surface area contributed by atoms with Crippen LogP contribution in [0.15, 0.2) is 42.6 Å². The summed E-state index contributed by atoms with van der Waals surface area (Å²) in [5, 5.41) is 3.36. The number of pyridine rings is 1. The van der Waals surface area contributed by atoms with Crippen LogP contribution in [0.4, 0.5) is 5.00 Å². The molecule has 0 aliphatic rings. The van der Waals surface area contributed by atoms with Crippen LogP contribution in [0.5, 0.6) is 5.75 Å². The first kappa shape index (κ1) is 21.6. The number of aryl methyl sites for hydroxylation is 3. The fourth-order valence-electron chi connectivity index (χ4n) is 3.75. The maximum Gasteiger partial charge on any atom is 0.341 e. The number of hydrogen-bond donors (Lipinski definition) is 1. The number of nitrogens with zero attached hydrogens (tertiary/aromatic N) is 2. The van der Waals surface area contributed by atoms with E-state index >= 15 is 0 Å². The summed E-state index contributed by atoms with van der Waals surface area (Å²) in [6, 6.07) is 11.5.